The van der Waals surface area contributed by atoms with Crippen LogP contribution in [0.3, 0.4) is 0 Å². The molecule has 1 amide bonds. The third-order valence-corrected chi connectivity index (χ3v) is 4.36. The summed E-state index contributed by atoms with van der Waals surface area (Å²) in [5, 5.41) is 8.11. The fourth-order valence-corrected chi connectivity index (χ4v) is 3.18. The lowest BCUT2D eigenvalue weighted by Crippen LogP contribution is -2.25. The van der Waals surface area contributed by atoms with Crippen molar-refractivity contribution in [3.63, 3.8) is 0 Å². The summed E-state index contributed by atoms with van der Waals surface area (Å²) in [7, 11) is 0. The molecule has 4 rings (SSSR count). The number of pyridine rings is 1. The third-order valence-electron chi connectivity index (χ3n) is 4.36. The van der Waals surface area contributed by atoms with Gasteiger partial charge in [-0.15, -0.1) is 10.2 Å². The Morgan fingerprint density at radius 2 is 2.00 bits per heavy atom. The van der Waals surface area contributed by atoms with Crippen LogP contribution in [-0.4, -0.2) is 32.5 Å². The maximum Gasteiger partial charge on any atom is 0.249 e. The fraction of sp³-hybridized carbons (Fsp3) is 0.263. The number of amides is 1. The van der Waals surface area contributed by atoms with E-state index in [-0.39, 0.29) is 5.91 Å². The highest BCUT2D eigenvalue weighted by molar-refractivity contribution is 5.78. The van der Waals surface area contributed by atoms with Gasteiger partial charge in [0.1, 0.15) is 0 Å². The molecule has 25 heavy (non-hydrogen) atoms. The van der Waals surface area contributed by atoms with E-state index in [9.17, 15) is 4.79 Å². The van der Waals surface area contributed by atoms with E-state index in [2.05, 4.69) is 27.3 Å². The molecule has 1 saturated heterocycles. The predicted octanol–water partition coefficient (Wildman–Crippen LogP) is 2.72. The van der Waals surface area contributed by atoms with Crippen molar-refractivity contribution in [2.24, 2.45) is 5.92 Å². The van der Waals surface area contributed by atoms with Crippen LogP contribution in [0.15, 0.2) is 59.3 Å². The van der Waals surface area contributed by atoms with Crippen molar-refractivity contribution in [3.05, 3.63) is 66.3 Å². The zero-order valence-corrected chi connectivity index (χ0v) is 13.7. The molecule has 1 fully saturated rings. The van der Waals surface area contributed by atoms with Gasteiger partial charge >= 0.3 is 0 Å². The summed E-state index contributed by atoms with van der Waals surface area (Å²) in [6, 6.07) is 13.9. The number of nitrogens with zero attached hydrogens (tertiary/aromatic N) is 4. The van der Waals surface area contributed by atoms with Gasteiger partial charge in [0.2, 0.25) is 17.7 Å². The molecule has 6 nitrogen and oxygen atoms in total. The number of hydrogen-bond acceptors (Lipinski definition) is 5. The quantitative estimate of drug-likeness (QED) is 0.717. The Kier molecular flexibility index (Phi) is 4.24. The second-order valence-corrected chi connectivity index (χ2v) is 6.28. The lowest BCUT2D eigenvalue weighted by molar-refractivity contribution is -0.128. The number of likely N-dealkylation sites (tertiary alicyclic amines) is 1. The van der Waals surface area contributed by atoms with Gasteiger partial charge in [-0.25, -0.2) is 0 Å². The maximum atomic E-state index is 12.3. The average molecular weight is 334 g/mol. The van der Waals surface area contributed by atoms with Crippen LogP contribution >= 0.6 is 0 Å². The van der Waals surface area contributed by atoms with Crippen LogP contribution in [0.5, 0.6) is 0 Å². The molecule has 0 saturated carbocycles. The Morgan fingerprint density at radius 3 is 2.80 bits per heavy atom. The molecular formula is C19H18N4O2. The molecule has 0 spiro atoms. The molecule has 0 aliphatic carbocycles. The van der Waals surface area contributed by atoms with Crippen molar-refractivity contribution >= 4 is 5.91 Å². The van der Waals surface area contributed by atoms with E-state index in [1.807, 2.05) is 30.3 Å². The van der Waals surface area contributed by atoms with Crippen molar-refractivity contribution in [2.45, 2.75) is 19.4 Å². The molecule has 3 aromatic rings. The Hall–Kier alpha value is -3.02. The summed E-state index contributed by atoms with van der Waals surface area (Å²) in [5.41, 5.74) is 2.04. The van der Waals surface area contributed by atoms with Crippen LogP contribution in [-0.2, 0) is 17.8 Å². The molecule has 0 radical (unpaired) electrons. The van der Waals surface area contributed by atoms with E-state index in [0.717, 1.165) is 18.5 Å². The Morgan fingerprint density at radius 1 is 1.12 bits per heavy atom. The highest BCUT2D eigenvalue weighted by Crippen LogP contribution is 2.24. The van der Waals surface area contributed by atoms with Crippen molar-refractivity contribution in [1.29, 1.82) is 0 Å². The van der Waals surface area contributed by atoms with Gasteiger partial charge in [-0.2, -0.15) is 0 Å². The molecule has 0 unspecified atom stereocenters. The Bertz CT molecular complexity index is 848. The maximum absolute atomic E-state index is 12.3. The zero-order valence-electron chi connectivity index (χ0n) is 13.7. The van der Waals surface area contributed by atoms with E-state index in [1.165, 1.54) is 5.56 Å². The monoisotopic (exact) mass is 334 g/mol. The van der Waals surface area contributed by atoms with E-state index < -0.39 is 0 Å². The lowest BCUT2D eigenvalue weighted by atomic mass is 9.99. The van der Waals surface area contributed by atoms with Crippen molar-refractivity contribution in [3.8, 4) is 11.5 Å². The molecule has 0 bridgehead atoms. The standard InChI is InChI=1S/C19H18N4O2/c24-18-10-15(9-14-5-2-1-3-6-14)12-23(18)13-17-21-22-19(25-17)16-7-4-8-20-11-16/h1-8,11,15H,9-10,12-13H2/t15-/m1/s1. The summed E-state index contributed by atoms with van der Waals surface area (Å²) in [5.74, 6) is 1.35. The van der Waals surface area contributed by atoms with Gasteiger partial charge in [0.25, 0.3) is 0 Å². The van der Waals surface area contributed by atoms with Gasteiger partial charge < -0.3 is 9.32 Å². The van der Waals surface area contributed by atoms with Crippen LogP contribution in [0, 0.1) is 5.92 Å². The van der Waals surface area contributed by atoms with Gasteiger partial charge in [0.05, 0.1) is 12.1 Å². The van der Waals surface area contributed by atoms with E-state index in [4.69, 9.17) is 4.42 Å². The molecule has 1 aliphatic rings. The van der Waals surface area contributed by atoms with Crippen LogP contribution in [0.2, 0.25) is 0 Å². The van der Waals surface area contributed by atoms with E-state index in [1.54, 1.807) is 17.3 Å². The van der Waals surface area contributed by atoms with Crippen molar-refractivity contribution in [1.82, 2.24) is 20.1 Å². The highest BCUT2D eigenvalue weighted by Gasteiger charge is 2.30. The second-order valence-electron chi connectivity index (χ2n) is 6.28. The number of aromatic nitrogens is 3. The van der Waals surface area contributed by atoms with Crippen LogP contribution < -0.4 is 0 Å². The SMILES string of the molecule is O=C1C[C@@H](Cc2ccccc2)CN1Cc1nnc(-c2cccnc2)o1. The zero-order chi connectivity index (χ0) is 17.1. The molecule has 1 atom stereocenters. The summed E-state index contributed by atoms with van der Waals surface area (Å²) in [6.07, 6.45) is 4.84. The molecule has 1 aromatic carbocycles. The molecule has 3 heterocycles. The van der Waals surface area contributed by atoms with Crippen molar-refractivity contribution in [2.75, 3.05) is 6.54 Å². The molecule has 0 N–H and O–H groups in total. The molecule has 1 aliphatic heterocycles. The van der Waals surface area contributed by atoms with Gasteiger partial charge in [-0.1, -0.05) is 30.3 Å². The fourth-order valence-electron chi connectivity index (χ4n) is 3.18. The summed E-state index contributed by atoms with van der Waals surface area (Å²) in [4.78, 5) is 18.1. The lowest BCUT2D eigenvalue weighted by Gasteiger charge is -2.14. The van der Waals surface area contributed by atoms with Crippen LogP contribution in [0.4, 0.5) is 0 Å². The smallest absolute Gasteiger partial charge is 0.249 e. The minimum absolute atomic E-state index is 0.141. The highest BCUT2D eigenvalue weighted by atomic mass is 16.4. The van der Waals surface area contributed by atoms with E-state index >= 15 is 0 Å². The third kappa shape index (κ3) is 3.57. The molecule has 6 heteroatoms. The van der Waals surface area contributed by atoms with Gasteiger partial charge in [0, 0.05) is 25.4 Å². The van der Waals surface area contributed by atoms with Gasteiger partial charge in [-0.05, 0) is 30.0 Å². The normalized spacial score (nSPS) is 17.2. The average Bonchev–Trinajstić information content (AvgIpc) is 3.24. The first kappa shape index (κ1) is 15.5. The summed E-state index contributed by atoms with van der Waals surface area (Å²) >= 11 is 0. The first-order valence-corrected chi connectivity index (χ1v) is 8.32. The number of benzene rings is 1. The van der Waals surface area contributed by atoms with Gasteiger partial charge in [-0.3, -0.25) is 9.78 Å². The first-order chi connectivity index (χ1) is 12.3. The first-order valence-electron chi connectivity index (χ1n) is 8.32. The Balaban J connectivity index is 1.40. The molecular weight excluding hydrogens is 316 g/mol. The van der Waals surface area contributed by atoms with Crippen LogP contribution in [0.1, 0.15) is 17.9 Å². The van der Waals surface area contributed by atoms with Crippen LogP contribution in [0.25, 0.3) is 11.5 Å². The summed E-state index contributed by atoms with van der Waals surface area (Å²) < 4.78 is 5.68. The largest absolute Gasteiger partial charge is 0.419 e. The summed E-state index contributed by atoms with van der Waals surface area (Å²) in [6.45, 7) is 1.08. The van der Waals surface area contributed by atoms with Gasteiger partial charge in [0.15, 0.2) is 0 Å². The van der Waals surface area contributed by atoms with E-state index in [0.29, 0.717) is 30.7 Å². The van der Waals surface area contributed by atoms with Crippen molar-refractivity contribution < 1.29 is 9.21 Å². The topological polar surface area (TPSA) is 72.1 Å². The number of rotatable bonds is 5. The molecule has 2 aromatic heterocycles. The number of hydrogen-bond donors (Lipinski definition) is 0. The Labute approximate surface area is 145 Å². The second kappa shape index (κ2) is 6.84. The number of carbonyl (C=O) groups is 1. The minimum atomic E-state index is 0.141. The molecule has 126 valence electrons. The minimum Gasteiger partial charge on any atom is -0.419 e. The predicted molar refractivity (Wildman–Crippen MR) is 91.2 cm³/mol. The number of carbonyl (C=O) groups excluding carboxylic acids is 1.